The lowest BCUT2D eigenvalue weighted by molar-refractivity contribution is 0.0917. The molecule has 9 heteroatoms. The van der Waals surface area contributed by atoms with E-state index < -0.39 is 0 Å². The zero-order valence-corrected chi connectivity index (χ0v) is 21.3. The van der Waals surface area contributed by atoms with Crippen molar-refractivity contribution in [2.75, 3.05) is 33.8 Å². The number of imidazole rings is 1. The molecule has 7 nitrogen and oxygen atoms in total. The molecule has 0 spiro atoms. The summed E-state index contributed by atoms with van der Waals surface area (Å²) in [5.74, 6) is -0.313. The normalized spacial score (nSPS) is 21.5. The van der Waals surface area contributed by atoms with Crippen LogP contribution in [0.25, 0.3) is 26.4 Å². The molecule has 2 atom stereocenters. The number of piperidine rings is 1. The highest BCUT2D eigenvalue weighted by atomic mass is 32.1. The van der Waals surface area contributed by atoms with Crippen molar-refractivity contribution in [3.63, 3.8) is 0 Å². The summed E-state index contributed by atoms with van der Waals surface area (Å²) >= 11 is 1.51. The molecule has 2 aromatic heterocycles. The molecule has 2 aliphatic heterocycles. The maximum absolute atomic E-state index is 15.1. The van der Waals surface area contributed by atoms with Crippen LogP contribution in [0.3, 0.4) is 0 Å². The Bertz CT molecular complexity index is 1420. The van der Waals surface area contributed by atoms with Gasteiger partial charge in [0.15, 0.2) is 4.96 Å². The van der Waals surface area contributed by atoms with Crippen LogP contribution in [0.1, 0.15) is 41.2 Å². The first-order chi connectivity index (χ1) is 17.5. The summed E-state index contributed by atoms with van der Waals surface area (Å²) in [5.41, 5.74) is 3.63. The number of amides is 1. The second kappa shape index (κ2) is 9.55. The third kappa shape index (κ3) is 4.41. The molecular formula is C27H30FN5O2S. The van der Waals surface area contributed by atoms with Gasteiger partial charge in [-0.05, 0) is 75.3 Å². The average Bonchev–Trinajstić information content (AvgIpc) is 3.59. The fourth-order valence-corrected chi connectivity index (χ4v) is 6.33. The molecule has 188 valence electrons. The number of fused-ring (bicyclic) bond motifs is 3. The van der Waals surface area contributed by atoms with E-state index in [9.17, 15) is 4.79 Å². The van der Waals surface area contributed by atoms with Gasteiger partial charge >= 0.3 is 0 Å². The smallest absolute Gasteiger partial charge is 0.251 e. The quantitative estimate of drug-likeness (QED) is 0.423. The number of methoxy groups -OCH3 is 1. The van der Waals surface area contributed by atoms with Gasteiger partial charge in [-0.2, -0.15) is 0 Å². The summed E-state index contributed by atoms with van der Waals surface area (Å²) in [6, 6.07) is 11.4. The molecule has 2 N–H and O–H groups in total. The first kappa shape index (κ1) is 23.5. The lowest BCUT2D eigenvalue weighted by Crippen LogP contribution is -2.43. The lowest BCUT2D eigenvalue weighted by Gasteiger charge is -2.29. The average molecular weight is 508 g/mol. The molecule has 0 bridgehead atoms. The van der Waals surface area contributed by atoms with Crippen molar-refractivity contribution in [2.24, 2.45) is 0 Å². The SMILES string of the molecule is CO[C@H]1CN[C@@H](c2ccc(-c3cn4c(n3)sc3cc(C(=O)NC5CCN(C)CC5)ccc34)c(F)c2)C1. The Morgan fingerprint density at radius 1 is 1.22 bits per heavy atom. The van der Waals surface area contributed by atoms with Crippen LogP contribution in [0.2, 0.25) is 0 Å². The number of carbonyl (C=O) groups excluding carboxylic acids is 1. The minimum absolute atomic E-state index is 0.0334. The topological polar surface area (TPSA) is 70.9 Å². The van der Waals surface area contributed by atoms with Crippen molar-refractivity contribution in [2.45, 2.75) is 37.5 Å². The van der Waals surface area contributed by atoms with Crippen LogP contribution in [0.5, 0.6) is 0 Å². The van der Waals surface area contributed by atoms with Gasteiger partial charge in [0.1, 0.15) is 5.82 Å². The van der Waals surface area contributed by atoms with E-state index in [0.717, 1.165) is 59.6 Å². The number of aromatic nitrogens is 2. The van der Waals surface area contributed by atoms with Crippen molar-refractivity contribution in [1.29, 1.82) is 0 Å². The van der Waals surface area contributed by atoms with Gasteiger partial charge < -0.3 is 20.3 Å². The Kier molecular flexibility index (Phi) is 6.25. The van der Waals surface area contributed by atoms with E-state index in [1.165, 1.54) is 11.3 Å². The Balaban J connectivity index is 1.22. The molecule has 4 aromatic rings. The molecule has 4 heterocycles. The van der Waals surface area contributed by atoms with Crippen molar-refractivity contribution >= 4 is 32.4 Å². The second-order valence-corrected chi connectivity index (χ2v) is 10.9. The summed E-state index contributed by atoms with van der Waals surface area (Å²) in [4.78, 5) is 20.6. The molecule has 2 saturated heterocycles. The molecule has 1 amide bonds. The number of ether oxygens (including phenoxy) is 1. The van der Waals surface area contributed by atoms with Gasteiger partial charge in [0, 0.05) is 43.1 Å². The molecular weight excluding hydrogens is 477 g/mol. The Morgan fingerprint density at radius 2 is 2.06 bits per heavy atom. The van der Waals surface area contributed by atoms with Gasteiger partial charge in [0.25, 0.3) is 5.91 Å². The van der Waals surface area contributed by atoms with E-state index in [2.05, 4.69) is 22.6 Å². The number of likely N-dealkylation sites (tertiary alicyclic amines) is 1. The molecule has 0 saturated carbocycles. The van der Waals surface area contributed by atoms with E-state index in [1.54, 1.807) is 13.2 Å². The number of thiazole rings is 1. The van der Waals surface area contributed by atoms with Gasteiger partial charge in [0.05, 0.1) is 22.0 Å². The number of nitrogens with one attached hydrogen (secondary N) is 2. The largest absolute Gasteiger partial charge is 0.380 e. The molecule has 0 radical (unpaired) electrons. The summed E-state index contributed by atoms with van der Waals surface area (Å²) in [5, 5.41) is 6.57. The van der Waals surface area contributed by atoms with Crippen LogP contribution in [0.4, 0.5) is 4.39 Å². The Hall–Kier alpha value is -2.85. The zero-order chi connectivity index (χ0) is 24.8. The monoisotopic (exact) mass is 507 g/mol. The van der Waals surface area contributed by atoms with Crippen LogP contribution in [0, 0.1) is 5.82 Å². The Morgan fingerprint density at radius 3 is 2.81 bits per heavy atom. The molecule has 0 unspecified atom stereocenters. The van der Waals surface area contributed by atoms with Gasteiger partial charge in [-0.15, -0.1) is 0 Å². The number of benzene rings is 2. The highest BCUT2D eigenvalue weighted by Gasteiger charge is 2.26. The maximum atomic E-state index is 15.1. The molecule has 2 aliphatic rings. The molecule has 2 fully saturated rings. The zero-order valence-electron chi connectivity index (χ0n) is 20.5. The van der Waals surface area contributed by atoms with Gasteiger partial charge in [0.2, 0.25) is 0 Å². The van der Waals surface area contributed by atoms with Crippen LogP contribution in [-0.4, -0.2) is 66.1 Å². The van der Waals surface area contributed by atoms with Gasteiger partial charge in [-0.25, -0.2) is 9.37 Å². The minimum atomic E-state index is -0.280. The van der Waals surface area contributed by atoms with Crippen LogP contribution in [-0.2, 0) is 4.74 Å². The second-order valence-electron chi connectivity index (χ2n) is 9.91. The third-order valence-corrected chi connectivity index (χ3v) is 8.52. The number of hydrogen-bond acceptors (Lipinski definition) is 6. The predicted molar refractivity (Wildman–Crippen MR) is 140 cm³/mol. The third-order valence-electron chi connectivity index (χ3n) is 7.51. The number of nitrogens with zero attached hydrogens (tertiary/aromatic N) is 3. The molecule has 36 heavy (non-hydrogen) atoms. The van der Waals surface area contributed by atoms with Crippen molar-refractivity contribution in [3.05, 3.63) is 59.5 Å². The summed E-state index contributed by atoms with van der Waals surface area (Å²) < 4.78 is 23.5. The minimum Gasteiger partial charge on any atom is -0.380 e. The fourth-order valence-electron chi connectivity index (χ4n) is 5.29. The summed E-state index contributed by atoms with van der Waals surface area (Å²) in [6.07, 6.45) is 4.82. The standard InChI is InChI=1S/C27H30FN5O2S/c1-32-9-7-18(8-10-32)30-26(34)17-4-6-24-25(12-17)36-27-31-23(15-33(24)27)20-5-3-16(11-21(20)28)22-13-19(35-2)14-29-22/h3-6,11-12,15,18-19,22,29H,7-10,13-14H2,1-2H3,(H,30,34)/t19-,22-/m1/s1. The fraction of sp³-hybridized carbons (Fsp3) is 0.407. The number of rotatable bonds is 5. The first-order valence-corrected chi connectivity index (χ1v) is 13.3. The summed E-state index contributed by atoms with van der Waals surface area (Å²) in [6.45, 7) is 2.78. The lowest BCUT2D eigenvalue weighted by atomic mass is 10.0. The Labute approximate surface area is 213 Å². The first-order valence-electron chi connectivity index (χ1n) is 12.5. The van der Waals surface area contributed by atoms with Crippen LogP contribution >= 0.6 is 11.3 Å². The van der Waals surface area contributed by atoms with E-state index in [0.29, 0.717) is 16.8 Å². The van der Waals surface area contributed by atoms with Gasteiger partial charge in [-0.3, -0.25) is 9.20 Å². The van der Waals surface area contributed by atoms with Crippen molar-refractivity contribution < 1.29 is 13.9 Å². The number of hydrogen-bond donors (Lipinski definition) is 2. The predicted octanol–water partition coefficient (Wildman–Crippen LogP) is 4.23. The van der Waals surface area contributed by atoms with Crippen LogP contribution in [0.15, 0.2) is 42.6 Å². The molecule has 2 aromatic carbocycles. The molecule has 0 aliphatic carbocycles. The number of halogens is 1. The van der Waals surface area contributed by atoms with Gasteiger partial charge in [-0.1, -0.05) is 17.4 Å². The van der Waals surface area contributed by atoms with E-state index in [-0.39, 0.29) is 29.9 Å². The maximum Gasteiger partial charge on any atom is 0.251 e. The van der Waals surface area contributed by atoms with E-state index in [1.807, 2.05) is 40.9 Å². The van der Waals surface area contributed by atoms with Crippen molar-refractivity contribution in [1.82, 2.24) is 24.9 Å². The highest BCUT2D eigenvalue weighted by molar-refractivity contribution is 7.23. The number of carbonyl (C=O) groups is 1. The van der Waals surface area contributed by atoms with E-state index in [4.69, 9.17) is 9.72 Å². The van der Waals surface area contributed by atoms with E-state index >= 15 is 4.39 Å². The van der Waals surface area contributed by atoms with Crippen LogP contribution < -0.4 is 10.6 Å². The van der Waals surface area contributed by atoms with Crippen molar-refractivity contribution in [3.8, 4) is 11.3 Å². The molecule has 6 rings (SSSR count). The highest BCUT2D eigenvalue weighted by Crippen LogP contribution is 2.33. The summed E-state index contributed by atoms with van der Waals surface area (Å²) in [7, 11) is 3.82.